The molecule has 1 atom stereocenters. The van der Waals surface area contributed by atoms with Crippen LogP contribution in [-0.2, 0) is 0 Å². The van der Waals surface area contributed by atoms with Crippen LogP contribution in [0.15, 0.2) is 48.9 Å². The van der Waals surface area contributed by atoms with Gasteiger partial charge < -0.3 is 5.73 Å². The quantitative estimate of drug-likeness (QED) is 0.746. The van der Waals surface area contributed by atoms with Gasteiger partial charge in [0, 0.05) is 12.2 Å². The van der Waals surface area contributed by atoms with Crippen molar-refractivity contribution in [2.24, 2.45) is 5.73 Å². The fourth-order valence-corrected chi connectivity index (χ4v) is 1.95. The van der Waals surface area contributed by atoms with Gasteiger partial charge in [-0.05, 0) is 30.7 Å². The summed E-state index contributed by atoms with van der Waals surface area (Å²) in [4.78, 5) is 8.79. The molecule has 3 rings (SSSR count). The van der Waals surface area contributed by atoms with Crippen molar-refractivity contribution in [3.8, 4) is 5.82 Å². The number of hydrogen-bond acceptors (Lipinski definition) is 3. The van der Waals surface area contributed by atoms with E-state index in [1.165, 1.54) is 0 Å². The Labute approximate surface area is 105 Å². The predicted octanol–water partition coefficient (Wildman–Crippen LogP) is 2.44. The average Bonchev–Trinajstić information content (AvgIpc) is 2.82. The molecule has 0 aliphatic heterocycles. The highest BCUT2D eigenvalue weighted by molar-refractivity contribution is 5.76. The monoisotopic (exact) mass is 238 g/mol. The zero-order chi connectivity index (χ0) is 12.5. The van der Waals surface area contributed by atoms with Crippen molar-refractivity contribution in [3.05, 3.63) is 54.5 Å². The van der Waals surface area contributed by atoms with Crippen molar-refractivity contribution in [2.45, 2.75) is 13.0 Å². The molecule has 2 aromatic heterocycles. The molecule has 2 heterocycles. The van der Waals surface area contributed by atoms with E-state index in [0.29, 0.717) is 0 Å². The molecule has 0 aliphatic rings. The van der Waals surface area contributed by atoms with E-state index in [4.69, 9.17) is 5.73 Å². The van der Waals surface area contributed by atoms with E-state index >= 15 is 0 Å². The summed E-state index contributed by atoms with van der Waals surface area (Å²) < 4.78 is 1.97. The van der Waals surface area contributed by atoms with E-state index in [1.54, 1.807) is 6.33 Å². The molecule has 0 fully saturated rings. The summed E-state index contributed by atoms with van der Waals surface area (Å²) in [6.07, 6.45) is 3.60. The Bertz CT molecular complexity index is 668. The molecule has 18 heavy (non-hydrogen) atoms. The highest BCUT2D eigenvalue weighted by Gasteiger charge is 2.05. The molecule has 0 unspecified atom stereocenters. The Morgan fingerprint density at radius 3 is 2.67 bits per heavy atom. The third-order valence-corrected chi connectivity index (χ3v) is 3.00. The fraction of sp³-hybridized carbons (Fsp3) is 0.143. The first kappa shape index (κ1) is 10.9. The second kappa shape index (κ2) is 4.23. The predicted molar refractivity (Wildman–Crippen MR) is 71.5 cm³/mol. The van der Waals surface area contributed by atoms with Crippen LogP contribution in [0.2, 0.25) is 0 Å². The number of fused-ring (bicyclic) bond motifs is 1. The molecule has 90 valence electrons. The van der Waals surface area contributed by atoms with Crippen molar-refractivity contribution in [1.29, 1.82) is 0 Å². The van der Waals surface area contributed by atoms with Gasteiger partial charge in [-0.3, -0.25) is 4.57 Å². The minimum absolute atomic E-state index is 0.00563. The Kier molecular flexibility index (Phi) is 2.57. The second-order valence-electron chi connectivity index (χ2n) is 4.34. The maximum atomic E-state index is 5.81. The van der Waals surface area contributed by atoms with E-state index < -0.39 is 0 Å². The summed E-state index contributed by atoms with van der Waals surface area (Å²) in [6, 6.07) is 12.0. The highest BCUT2D eigenvalue weighted by Crippen LogP contribution is 2.17. The number of aromatic nitrogens is 3. The van der Waals surface area contributed by atoms with Crippen LogP contribution in [0.25, 0.3) is 16.9 Å². The highest BCUT2D eigenvalue weighted by atomic mass is 15.1. The average molecular weight is 238 g/mol. The molecule has 0 bridgehead atoms. The Hall–Kier alpha value is -2.20. The number of hydrogen-bond donors (Lipinski definition) is 1. The van der Waals surface area contributed by atoms with Gasteiger partial charge in [0.1, 0.15) is 12.1 Å². The largest absolute Gasteiger partial charge is 0.324 e. The number of nitrogens with two attached hydrogens (primary N) is 1. The smallest absolute Gasteiger partial charge is 0.138 e. The third kappa shape index (κ3) is 1.76. The molecule has 3 aromatic rings. The number of nitrogens with zero attached hydrogens (tertiary/aromatic N) is 3. The summed E-state index contributed by atoms with van der Waals surface area (Å²) in [5.41, 5.74) is 8.87. The lowest BCUT2D eigenvalue weighted by molar-refractivity contribution is 0.808. The van der Waals surface area contributed by atoms with Crippen molar-refractivity contribution in [2.75, 3.05) is 0 Å². The SMILES string of the molecule is C[C@H](N)c1ccc(-n2cnc3ccccc32)nc1. The van der Waals surface area contributed by atoms with E-state index in [0.717, 1.165) is 22.4 Å². The van der Waals surface area contributed by atoms with E-state index in [1.807, 2.05) is 54.1 Å². The van der Waals surface area contributed by atoms with Gasteiger partial charge in [0.2, 0.25) is 0 Å². The lowest BCUT2D eigenvalue weighted by Gasteiger charge is -2.07. The van der Waals surface area contributed by atoms with Crippen molar-refractivity contribution < 1.29 is 0 Å². The number of benzene rings is 1. The first-order chi connectivity index (χ1) is 8.75. The molecule has 1 aromatic carbocycles. The summed E-state index contributed by atoms with van der Waals surface area (Å²) in [6.45, 7) is 1.95. The molecule has 4 nitrogen and oxygen atoms in total. The van der Waals surface area contributed by atoms with Gasteiger partial charge >= 0.3 is 0 Å². The molecular weight excluding hydrogens is 224 g/mol. The first-order valence-corrected chi connectivity index (χ1v) is 5.90. The summed E-state index contributed by atoms with van der Waals surface area (Å²) in [7, 11) is 0. The van der Waals surface area contributed by atoms with Crippen LogP contribution in [0.3, 0.4) is 0 Å². The summed E-state index contributed by atoms with van der Waals surface area (Å²) >= 11 is 0. The van der Waals surface area contributed by atoms with Crippen molar-refractivity contribution in [3.63, 3.8) is 0 Å². The maximum absolute atomic E-state index is 5.81. The maximum Gasteiger partial charge on any atom is 0.138 e. The first-order valence-electron chi connectivity index (χ1n) is 5.90. The summed E-state index contributed by atoms with van der Waals surface area (Å²) in [5.74, 6) is 0.855. The van der Waals surface area contributed by atoms with Crippen LogP contribution in [0.5, 0.6) is 0 Å². The molecule has 0 saturated heterocycles. The Morgan fingerprint density at radius 1 is 1.11 bits per heavy atom. The molecule has 0 aliphatic carbocycles. The number of rotatable bonds is 2. The van der Waals surface area contributed by atoms with Gasteiger partial charge in [-0.2, -0.15) is 0 Å². The lowest BCUT2D eigenvalue weighted by atomic mass is 10.1. The van der Waals surface area contributed by atoms with Crippen LogP contribution < -0.4 is 5.73 Å². The Balaban J connectivity index is 2.09. The normalized spacial score (nSPS) is 12.8. The van der Waals surface area contributed by atoms with Gasteiger partial charge in [0.05, 0.1) is 11.0 Å². The second-order valence-corrected chi connectivity index (χ2v) is 4.34. The topological polar surface area (TPSA) is 56.7 Å². The van der Waals surface area contributed by atoms with Gasteiger partial charge in [0.15, 0.2) is 0 Å². The zero-order valence-corrected chi connectivity index (χ0v) is 10.1. The minimum atomic E-state index is 0.00563. The van der Waals surface area contributed by atoms with Gasteiger partial charge in [-0.25, -0.2) is 9.97 Å². The van der Waals surface area contributed by atoms with Crippen LogP contribution >= 0.6 is 0 Å². The Morgan fingerprint density at radius 2 is 1.94 bits per heavy atom. The van der Waals surface area contributed by atoms with E-state index in [2.05, 4.69) is 9.97 Å². The van der Waals surface area contributed by atoms with Gasteiger partial charge in [0.25, 0.3) is 0 Å². The number of para-hydroxylation sites is 2. The van der Waals surface area contributed by atoms with Crippen LogP contribution in [0.4, 0.5) is 0 Å². The van der Waals surface area contributed by atoms with E-state index in [9.17, 15) is 0 Å². The minimum Gasteiger partial charge on any atom is -0.324 e. The van der Waals surface area contributed by atoms with Gasteiger partial charge in [-0.1, -0.05) is 18.2 Å². The number of imidazole rings is 1. The summed E-state index contributed by atoms with van der Waals surface area (Å²) in [5, 5.41) is 0. The molecule has 0 spiro atoms. The number of pyridine rings is 1. The molecule has 0 amide bonds. The van der Waals surface area contributed by atoms with Crippen molar-refractivity contribution in [1.82, 2.24) is 14.5 Å². The van der Waals surface area contributed by atoms with Crippen LogP contribution in [-0.4, -0.2) is 14.5 Å². The molecular formula is C14H14N4. The molecule has 0 radical (unpaired) electrons. The zero-order valence-electron chi connectivity index (χ0n) is 10.1. The van der Waals surface area contributed by atoms with Crippen LogP contribution in [0, 0.1) is 0 Å². The van der Waals surface area contributed by atoms with E-state index in [-0.39, 0.29) is 6.04 Å². The molecule has 4 heteroatoms. The standard InChI is InChI=1S/C14H14N4/c1-10(15)11-6-7-14(16-8-11)18-9-17-12-4-2-3-5-13(12)18/h2-10H,15H2,1H3/t10-/m0/s1. The van der Waals surface area contributed by atoms with Crippen molar-refractivity contribution >= 4 is 11.0 Å². The molecule has 2 N–H and O–H groups in total. The fourth-order valence-electron chi connectivity index (χ4n) is 1.95. The van der Waals surface area contributed by atoms with Gasteiger partial charge in [-0.15, -0.1) is 0 Å². The molecule has 0 saturated carbocycles. The third-order valence-electron chi connectivity index (χ3n) is 3.00. The lowest BCUT2D eigenvalue weighted by Crippen LogP contribution is -2.06. The van der Waals surface area contributed by atoms with Crippen LogP contribution in [0.1, 0.15) is 18.5 Å².